The summed E-state index contributed by atoms with van der Waals surface area (Å²) in [7, 11) is 0. The van der Waals surface area contributed by atoms with Crippen LogP contribution in [-0.2, 0) is 0 Å². The Balaban J connectivity index is 1.33. The van der Waals surface area contributed by atoms with Crippen molar-refractivity contribution in [2.45, 2.75) is 50.0 Å². The number of rotatable bonds is 11. The van der Waals surface area contributed by atoms with E-state index in [0.717, 1.165) is 44.6 Å². The Morgan fingerprint density at radius 3 is 2.38 bits per heavy atom. The van der Waals surface area contributed by atoms with E-state index in [0.29, 0.717) is 0 Å². The number of hydrogen-bond acceptors (Lipinski definition) is 4. The van der Waals surface area contributed by atoms with Crippen molar-refractivity contribution in [1.82, 2.24) is 4.90 Å². The first-order chi connectivity index (χ1) is 14.3. The highest BCUT2D eigenvalue weighted by atomic mass is 32.2. The molecular weight excluding hydrogens is 376 g/mol. The highest BCUT2D eigenvalue weighted by molar-refractivity contribution is 7.99. The molecule has 0 aliphatic carbocycles. The van der Waals surface area contributed by atoms with Crippen LogP contribution in [0.4, 0.5) is 5.69 Å². The molecule has 4 heteroatoms. The van der Waals surface area contributed by atoms with Gasteiger partial charge in [0.25, 0.3) is 0 Å². The molecule has 3 rings (SSSR count). The summed E-state index contributed by atoms with van der Waals surface area (Å²) < 4.78 is 0. The van der Waals surface area contributed by atoms with E-state index in [-0.39, 0.29) is 6.10 Å². The summed E-state index contributed by atoms with van der Waals surface area (Å²) in [6, 6.07) is 18.9. The molecule has 0 aromatic heterocycles. The van der Waals surface area contributed by atoms with Crippen molar-refractivity contribution >= 4 is 17.4 Å². The number of anilines is 1. The number of aliphatic hydroxyl groups is 1. The number of benzene rings is 2. The van der Waals surface area contributed by atoms with Crippen molar-refractivity contribution in [3.05, 3.63) is 60.2 Å². The van der Waals surface area contributed by atoms with Gasteiger partial charge in [0.05, 0.1) is 11.8 Å². The molecule has 2 aromatic rings. The molecule has 1 fully saturated rings. The van der Waals surface area contributed by atoms with Crippen LogP contribution < -0.4 is 4.90 Å². The minimum absolute atomic E-state index is 0.314. The molecule has 3 nitrogen and oxygen atoms in total. The van der Waals surface area contributed by atoms with Gasteiger partial charge < -0.3 is 10.0 Å². The highest BCUT2D eigenvalue weighted by Crippen LogP contribution is 2.31. The van der Waals surface area contributed by atoms with Crippen molar-refractivity contribution in [3.63, 3.8) is 0 Å². The average molecular weight is 413 g/mol. The molecule has 0 amide bonds. The summed E-state index contributed by atoms with van der Waals surface area (Å²) in [4.78, 5) is 6.59. The van der Waals surface area contributed by atoms with Gasteiger partial charge in [0.15, 0.2) is 0 Å². The highest BCUT2D eigenvalue weighted by Gasteiger charge is 2.18. The van der Waals surface area contributed by atoms with Gasteiger partial charge in [0, 0.05) is 31.1 Å². The topological polar surface area (TPSA) is 26.7 Å². The van der Waals surface area contributed by atoms with Crippen LogP contribution in [0.2, 0.25) is 0 Å². The van der Waals surface area contributed by atoms with Gasteiger partial charge in [-0.2, -0.15) is 0 Å². The van der Waals surface area contributed by atoms with E-state index in [1.807, 2.05) is 42.1 Å². The number of aliphatic hydroxyl groups excluding tert-OH is 1. The summed E-state index contributed by atoms with van der Waals surface area (Å²) in [5.41, 5.74) is 2.46. The monoisotopic (exact) mass is 412 g/mol. The van der Waals surface area contributed by atoms with Crippen molar-refractivity contribution in [2.75, 3.05) is 43.4 Å². The second-order valence-corrected chi connectivity index (χ2v) is 9.06. The summed E-state index contributed by atoms with van der Waals surface area (Å²) in [5.74, 6) is 1.19. The molecule has 0 radical (unpaired) electrons. The van der Waals surface area contributed by atoms with Gasteiger partial charge in [0.2, 0.25) is 0 Å². The lowest BCUT2D eigenvalue weighted by Gasteiger charge is -2.37. The third-order valence-corrected chi connectivity index (χ3v) is 6.94. The Labute approximate surface area is 181 Å². The zero-order valence-electron chi connectivity index (χ0n) is 17.8. The van der Waals surface area contributed by atoms with Crippen LogP contribution in [0.1, 0.15) is 50.7 Å². The van der Waals surface area contributed by atoms with Crippen LogP contribution in [-0.4, -0.2) is 48.5 Å². The number of piperazine rings is 1. The predicted molar refractivity (Wildman–Crippen MR) is 126 cm³/mol. The Morgan fingerprint density at radius 2 is 1.62 bits per heavy atom. The maximum Gasteiger partial charge on any atom is 0.0790 e. The van der Waals surface area contributed by atoms with Gasteiger partial charge in [-0.1, -0.05) is 62.2 Å². The van der Waals surface area contributed by atoms with Crippen LogP contribution in [0.15, 0.2) is 59.5 Å². The normalized spacial score (nSPS) is 16.1. The Kier molecular flexibility index (Phi) is 9.39. The minimum atomic E-state index is -0.314. The van der Waals surface area contributed by atoms with Crippen molar-refractivity contribution in [3.8, 4) is 0 Å². The molecule has 1 heterocycles. The van der Waals surface area contributed by atoms with E-state index < -0.39 is 0 Å². The lowest BCUT2D eigenvalue weighted by Crippen LogP contribution is -2.46. The minimum Gasteiger partial charge on any atom is -0.388 e. The van der Waals surface area contributed by atoms with E-state index in [1.54, 1.807) is 0 Å². The van der Waals surface area contributed by atoms with Gasteiger partial charge in [-0.25, -0.2) is 0 Å². The second-order valence-electron chi connectivity index (χ2n) is 7.92. The fraction of sp³-hybridized carbons (Fsp3) is 0.520. The van der Waals surface area contributed by atoms with Crippen LogP contribution >= 0.6 is 11.8 Å². The first kappa shape index (κ1) is 22.2. The zero-order chi connectivity index (χ0) is 20.3. The van der Waals surface area contributed by atoms with Gasteiger partial charge in [-0.15, -0.1) is 11.8 Å². The maximum atomic E-state index is 10.3. The van der Waals surface area contributed by atoms with Gasteiger partial charge in [-0.05, 0) is 49.3 Å². The number of para-hydroxylation sites is 1. The molecule has 29 heavy (non-hydrogen) atoms. The maximum absolute atomic E-state index is 10.3. The van der Waals surface area contributed by atoms with E-state index in [4.69, 9.17) is 0 Å². The molecular formula is C25H36N2OS. The summed E-state index contributed by atoms with van der Waals surface area (Å²) >= 11 is 1.99. The van der Waals surface area contributed by atoms with Gasteiger partial charge in [-0.3, -0.25) is 4.90 Å². The molecule has 1 N–H and O–H groups in total. The van der Waals surface area contributed by atoms with E-state index in [2.05, 4.69) is 41.0 Å². The molecule has 0 bridgehead atoms. The first-order valence-corrected chi connectivity index (χ1v) is 12.2. The lowest BCUT2D eigenvalue weighted by molar-refractivity contribution is 0.162. The summed E-state index contributed by atoms with van der Waals surface area (Å²) in [5, 5.41) is 10.3. The average Bonchev–Trinajstić information content (AvgIpc) is 2.78. The fourth-order valence-electron chi connectivity index (χ4n) is 3.96. The first-order valence-electron chi connectivity index (χ1n) is 11.2. The predicted octanol–water partition coefficient (Wildman–Crippen LogP) is 5.60. The SMILES string of the molecule is CCCSc1ccccc1N1CCN(CCCCC[C@@H](O)c2ccccc2)CC1. The number of nitrogens with zero attached hydrogens (tertiary/aromatic N) is 2. The molecule has 2 aromatic carbocycles. The van der Waals surface area contributed by atoms with Crippen LogP contribution in [0.25, 0.3) is 0 Å². The second kappa shape index (κ2) is 12.3. The molecule has 0 spiro atoms. The molecule has 0 unspecified atom stereocenters. The standard InChI is InChI=1S/C25H36N2OS/c1-2-21-29-25-15-9-8-13-23(25)27-19-17-26(18-20-27)16-10-4-7-14-24(28)22-11-5-3-6-12-22/h3,5-6,8-9,11-13,15,24,28H,2,4,7,10,14,16-21H2,1H3/t24-/m1/s1. The largest absolute Gasteiger partial charge is 0.388 e. The van der Waals surface area contributed by atoms with Gasteiger partial charge >= 0.3 is 0 Å². The molecule has 158 valence electrons. The van der Waals surface area contributed by atoms with E-state index in [9.17, 15) is 5.11 Å². The Bertz CT molecular complexity index is 701. The Hall–Kier alpha value is -1.49. The van der Waals surface area contributed by atoms with Crippen molar-refractivity contribution in [1.29, 1.82) is 0 Å². The molecule has 1 saturated heterocycles. The number of thioether (sulfide) groups is 1. The van der Waals surface area contributed by atoms with Crippen molar-refractivity contribution in [2.24, 2.45) is 0 Å². The number of hydrogen-bond donors (Lipinski definition) is 1. The summed E-state index contributed by atoms with van der Waals surface area (Å²) in [6.45, 7) is 7.98. The molecule has 1 aliphatic rings. The van der Waals surface area contributed by atoms with E-state index >= 15 is 0 Å². The van der Waals surface area contributed by atoms with Crippen LogP contribution in [0.3, 0.4) is 0 Å². The van der Waals surface area contributed by atoms with Crippen molar-refractivity contribution < 1.29 is 5.11 Å². The lowest BCUT2D eigenvalue weighted by atomic mass is 10.0. The number of unbranched alkanes of at least 4 members (excludes halogenated alkanes) is 2. The van der Waals surface area contributed by atoms with Crippen LogP contribution in [0, 0.1) is 0 Å². The molecule has 1 aliphatic heterocycles. The fourth-order valence-corrected chi connectivity index (χ4v) is 4.90. The van der Waals surface area contributed by atoms with E-state index in [1.165, 1.54) is 42.1 Å². The third-order valence-electron chi connectivity index (χ3n) is 5.68. The summed E-state index contributed by atoms with van der Waals surface area (Å²) in [6.07, 6.45) is 5.29. The Morgan fingerprint density at radius 1 is 0.897 bits per heavy atom. The van der Waals surface area contributed by atoms with Gasteiger partial charge in [0.1, 0.15) is 0 Å². The van der Waals surface area contributed by atoms with Crippen LogP contribution in [0.5, 0.6) is 0 Å². The quantitative estimate of drug-likeness (QED) is 0.384. The zero-order valence-corrected chi connectivity index (χ0v) is 18.6. The third kappa shape index (κ3) is 7.06. The molecule has 1 atom stereocenters. The smallest absolute Gasteiger partial charge is 0.0790 e. The molecule has 0 saturated carbocycles.